The molecule has 1 aliphatic heterocycles. The van der Waals surface area contributed by atoms with Crippen molar-refractivity contribution in [2.75, 3.05) is 4.90 Å². The minimum Gasteiger partial charge on any atom is -0.450 e. The van der Waals surface area contributed by atoms with Crippen LogP contribution in [0.15, 0.2) is 70.0 Å². The molecule has 2 aromatic heterocycles. The van der Waals surface area contributed by atoms with Crippen molar-refractivity contribution in [2.24, 2.45) is 0 Å². The lowest BCUT2D eigenvalue weighted by Gasteiger charge is -2.24. The van der Waals surface area contributed by atoms with Gasteiger partial charge >= 0.3 is 0 Å². The minimum atomic E-state index is -0.637. The summed E-state index contributed by atoms with van der Waals surface area (Å²) < 4.78 is 5.95. The molecule has 5 nitrogen and oxygen atoms in total. The molecule has 154 valence electrons. The highest BCUT2D eigenvalue weighted by atomic mass is 35.5. The Morgan fingerprint density at radius 3 is 2.55 bits per heavy atom. The van der Waals surface area contributed by atoms with Crippen LogP contribution < -0.4 is 10.3 Å². The van der Waals surface area contributed by atoms with Gasteiger partial charge in [0.2, 0.25) is 5.76 Å². The van der Waals surface area contributed by atoms with Gasteiger partial charge in [-0.2, -0.15) is 0 Å². The Morgan fingerprint density at radius 1 is 1.06 bits per heavy atom. The Kier molecular flexibility index (Phi) is 4.63. The Hall–Kier alpha value is -3.44. The monoisotopic (exact) mass is 430 g/mol. The standard InChI is InChI=1S/C25H19ClN2O3/c1-3-15-4-6-16(7-5-15)22-21-23(29)18-13-17(26)8-9-19(18)31-24(21)25(30)28(22)20-12-14(2)10-11-27-20/h4-13,22H,3H2,1-2H3. The number of benzene rings is 2. The van der Waals surface area contributed by atoms with E-state index < -0.39 is 6.04 Å². The predicted molar refractivity (Wildman–Crippen MR) is 121 cm³/mol. The normalized spacial score (nSPS) is 15.5. The third-order valence-corrected chi connectivity index (χ3v) is 5.92. The number of amides is 1. The van der Waals surface area contributed by atoms with Crippen molar-refractivity contribution in [3.05, 3.63) is 104 Å². The third kappa shape index (κ3) is 3.13. The topological polar surface area (TPSA) is 63.4 Å². The molecule has 0 spiro atoms. The third-order valence-electron chi connectivity index (χ3n) is 5.68. The van der Waals surface area contributed by atoms with E-state index in [-0.39, 0.29) is 17.1 Å². The average molecular weight is 431 g/mol. The molecule has 0 aliphatic carbocycles. The number of pyridine rings is 1. The maximum Gasteiger partial charge on any atom is 0.296 e. The molecule has 2 aromatic carbocycles. The number of anilines is 1. The van der Waals surface area contributed by atoms with Gasteiger partial charge in [0.1, 0.15) is 11.4 Å². The molecule has 4 aromatic rings. The van der Waals surface area contributed by atoms with Gasteiger partial charge < -0.3 is 4.42 Å². The molecule has 0 radical (unpaired) electrons. The molecule has 0 saturated heterocycles. The number of hydrogen-bond donors (Lipinski definition) is 0. The minimum absolute atomic E-state index is 0.0488. The summed E-state index contributed by atoms with van der Waals surface area (Å²) in [7, 11) is 0. The second kappa shape index (κ2) is 7.36. The van der Waals surface area contributed by atoms with E-state index in [0.717, 1.165) is 17.5 Å². The summed E-state index contributed by atoms with van der Waals surface area (Å²) in [4.78, 5) is 33.0. The van der Waals surface area contributed by atoms with Gasteiger partial charge in [-0.15, -0.1) is 0 Å². The predicted octanol–water partition coefficient (Wildman–Crippen LogP) is 5.46. The maximum atomic E-state index is 13.6. The van der Waals surface area contributed by atoms with Crippen LogP contribution >= 0.6 is 11.6 Å². The molecule has 1 unspecified atom stereocenters. The first-order valence-electron chi connectivity index (χ1n) is 10.1. The van der Waals surface area contributed by atoms with Gasteiger partial charge in [0.05, 0.1) is 17.0 Å². The highest BCUT2D eigenvalue weighted by Crippen LogP contribution is 2.40. The van der Waals surface area contributed by atoms with Crippen molar-refractivity contribution >= 4 is 34.3 Å². The van der Waals surface area contributed by atoms with Gasteiger partial charge in [-0.1, -0.05) is 42.8 Å². The molecule has 0 fully saturated rings. The van der Waals surface area contributed by atoms with Crippen molar-refractivity contribution in [3.8, 4) is 0 Å². The average Bonchev–Trinajstić information content (AvgIpc) is 3.07. The summed E-state index contributed by atoms with van der Waals surface area (Å²) >= 11 is 6.13. The van der Waals surface area contributed by atoms with E-state index in [9.17, 15) is 9.59 Å². The zero-order valence-electron chi connectivity index (χ0n) is 17.1. The lowest BCUT2D eigenvalue weighted by molar-refractivity contribution is 0.0970. The fourth-order valence-electron chi connectivity index (χ4n) is 4.08. The van der Waals surface area contributed by atoms with Crippen LogP contribution in [0.4, 0.5) is 5.82 Å². The fraction of sp³-hybridized carbons (Fsp3) is 0.160. The number of aryl methyl sites for hydroxylation is 2. The first-order chi connectivity index (χ1) is 15.0. The number of halogens is 1. The summed E-state index contributed by atoms with van der Waals surface area (Å²) in [5.41, 5.74) is 3.34. The van der Waals surface area contributed by atoms with Crippen LogP contribution in [0.5, 0.6) is 0 Å². The van der Waals surface area contributed by atoms with Crippen LogP contribution in [0.25, 0.3) is 11.0 Å². The molecule has 5 rings (SSSR count). The Balaban J connectivity index is 1.80. The maximum absolute atomic E-state index is 13.6. The smallest absolute Gasteiger partial charge is 0.296 e. The second-order valence-electron chi connectivity index (χ2n) is 7.68. The van der Waals surface area contributed by atoms with Gasteiger partial charge in [-0.3, -0.25) is 14.5 Å². The van der Waals surface area contributed by atoms with Crippen LogP contribution in [0.2, 0.25) is 5.02 Å². The molecule has 6 heteroatoms. The molecule has 1 atom stereocenters. The van der Waals surface area contributed by atoms with Gasteiger partial charge in [0.15, 0.2) is 5.43 Å². The molecule has 1 aliphatic rings. The Labute approximate surface area is 183 Å². The Bertz CT molecular complexity index is 1390. The first-order valence-corrected chi connectivity index (χ1v) is 10.5. The van der Waals surface area contributed by atoms with Crippen LogP contribution in [-0.2, 0) is 6.42 Å². The lowest BCUT2D eigenvalue weighted by Crippen LogP contribution is -2.30. The van der Waals surface area contributed by atoms with Crippen molar-refractivity contribution in [3.63, 3.8) is 0 Å². The second-order valence-corrected chi connectivity index (χ2v) is 8.12. The van der Waals surface area contributed by atoms with Gasteiger partial charge in [-0.25, -0.2) is 4.98 Å². The molecule has 1 amide bonds. The molecular formula is C25H19ClN2O3. The summed E-state index contributed by atoms with van der Waals surface area (Å²) in [5, 5.41) is 0.790. The number of carbonyl (C=O) groups excluding carboxylic acids is 1. The first kappa shape index (κ1) is 19.5. The van der Waals surface area contributed by atoms with Crippen molar-refractivity contribution in [1.82, 2.24) is 4.98 Å². The van der Waals surface area contributed by atoms with Gasteiger partial charge in [-0.05, 0) is 60.4 Å². The number of hydrogen-bond acceptors (Lipinski definition) is 4. The highest BCUT2D eigenvalue weighted by Gasteiger charge is 2.44. The number of fused-ring (bicyclic) bond motifs is 2. The van der Waals surface area contributed by atoms with Crippen LogP contribution in [-0.4, -0.2) is 10.9 Å². The Morgan fingerprint density at radius 2 is 1.84 bits per heavy atom. The highest BCUT2D eigenvalue weighted by molar-refractivity contribution is 6.31. The van der Waals surface area contributed by atoms with Crippen molar-refractivity contribution < 1.29 is 9.21 Å². The summed E-state index contributed by atoms with van der Waals surface area (Å²) in [5.74, 6) is 0.141. The summed E-state index contributed by atoms with van der Waals surface area (Å²) in [6.07, 6.45) is 2.55. The van der Waals surface area contributed by atoms with E-state index in [4.69, 9.17) is 16.0 Å². The van der Waals surface area contributed by atoms with E-state index in [0.29, 0.717) is 27.4 Å². The number of rotatable bonds is 3. The molecule has 0 bridgehead atoms. The van der Waals surface area contributed by atoms with E-state index >= 15 is 0 Å². The summed E-state index contributed by atoms with van der Waals surface area (Å²) in [6.45, 7) is 4.01. The zero-order chi connectivity index (χ0) is 21.7. The SMILES string of the molecule is CCc1ccc(C2c3c(oc4ccc(Cl)cc4c3=O)C(=O)N2c2cc(C)ccn2)cc1. The number of carbonyl (C=O) groups is 1. The lowest BCUT2D eigenvalue weighted by atomic mass is 9.97. The number of nitrogens with zero attached hydrogens (tertiary/aromatic N) is 2. The quantitative estimate of drug-likeness (QED) is 0.432. The van der Waals surface area contributed by atoms with Crippen molar-refractivity contribution in [1.29, 1.82) is 0 Å². The van der Waals surface area contributed by atoms with Crippen LogP contribution in [0, 0.1) is 6.92 Å². The van der Waals surface area contributed by atoms with Crippen LogP contribution in [0.3, 0.4) is 0 Å². The summed E-state index contributed by atoms with van der Waals surface area (Å²) in [6, 6.07) is 15.8. The van der Waals surface area contributed by atoms with Crippen molar-refractivity contribution in [2.45, 2.75) is 26.3 Å². The van der Waals surface area contributed by atoms with E-state index in [1.165, 1.54) is 5.56 Å². The van der Waals surface area contributed by atoms with Gasteiger partial charge in [0, 0.05) is 11.2 Å². The van der Waals surface area contributed by atoms with Crippen LogP contribution in [0.1, 0.15) is 45.8 Å². The van der Waals surface area contributed by atoms with Gasteiger partial charge in [0.25, 0.3) is 5.91 Å². The molecular weight excluding hydrogens is 412 g/mol. The molecule has 31 heavy (non-hydrogen) atoms. The van der Waals surface area contributed by atoms with E-state index in [1.807, 2.05) is 43.3 Å². The zero-order valence-corrected chi connectivity index (χ0v) is 17.8. The fourth-order valence-corrected chi connectivity index (χ4v) is 4.26. The number of aromatic nitrogens is 1. The van der Waals surface area contributed by atoms with E-state index in [2.05, 4.69) is 11.9 Å². The molecule has 0 N–H and O–H groups in total. The van der Waals surface area contributed by atoms with E-state index in [1.54, 1.807) is 29.3 Å². The largest absolute Gasteiger partial charge is 0.450 e. The molecule has 3 heterocycles. The molecule has 0 saturated carbocycles.